The van der Waals surface area contributed by atoms with E-state index in [1.54, 1.807) is 0 Å². The van der Waals surface area contributed by atoms with Crippen molar-refractivity contribution in [2.75, 3.05) is 18.8 Å². The topological polar surface area (TPSA) is 3.24 Å². The Morgan fingerprint density at radius 1 is 1.06 bits per heavy atom. The van der Waals surface area contributed by atoms with Gasteiger partial charge in [-0.1, -0.05) is 33.1 Å². The van der Waals surface area contributed by atoms with Gasteiger partial charge in [0.25, 0.3) is 0 Å². The second kappa shape index (κ2) is 9.27. The molecule has 1 fully saturated rings. The van der Waals surface area contributed by atoms with Gasteiger partial charge in [-0.3, -0.25) is 0 Å². The predicted octanol–water partition coefficient (Wildman–Crippen LogP) is 4.38. The van der Waals surface area contributed by atoms with Gasteiger partial charge in [-0.05, 0) is 56.9 Å². The Kier molecular flexibility index (Phi) is 8.38. The lowest BCUT2D eigenvalue weighted by molar-refractivity contribution is 0.184. The fraction of sp³-hybridized carbons (Fsp3) is 1.00. The summed E-state index contributed by atoms with van der Waals surface area (Å²) in [5, 5.41) is 0. The Hall–Kier alpha value is 0.310. The van der Waals surface area contributed by atoms with Gasteiger partial charge in [-0.25, -0.2) is 0 Å². The molecular weight excluding hydrogens is 226 g/mol. The quantitative estimate of drug-likeness (QED) is 0.474. The number of thiol groups is 1. The molecule has 1 nitrogen and oxygen atoms in total. The second-order valence-corrected chi connectivity index (χ2v) is 6.39. The zero-order valence-electron chi connectivity index (χ0n) is 11.8. The first-order chi connectivity index (χ1) is 8.24. The summed E-state index contributed by atoms with van der Waals surface area (Å²) in [7, 11) is 0. The summed E-state index contributed by atoms with van der Waals surface area (Å²) in [5.74, 6) is 1.89. The van der Waals surface area contributed by atoms with Crippen LogP contribution in [-0.2, 0) is 0 Å². The summed E-state index contributed by atoms with van der Waals surface area (Å²) >= 11 is 4.29. The van der Waals surface area contributed by atoms with E-state index in [1.807, 2.05) is 0 Å². The SMILES string of the molecule is CC(C)CCN(CCCCCS)C1CCCC1. The van der Waals surface area contributed by atoms with Crippen LogP contribution in [0.25, 0.3) is 0 Å². The standard InChI is InChI=1S/C15H31NS/c1-14(2)10-12-16(11-6-3-7-13-17)15-8-4-5-9-15/h14-15,17H,3-13H2,1-2H3. The Morgan fingerprint density at radius 3 is 2.35 bits per heavy atom. The number of rotatable bonds is 9. The van der Waals surface area contributed by atoms with Gasteiger partial charge >= 0.3 is 0 Å². The lowest BCUT2D eigenvalue weighted by Gasteiger charge is -2.29. The monoisotopic (exact) mass is 257 g/mol. The van der Waals surface area contributed by atoms with Crippen molar-refractivity contribution in [3.05, 3.63) is 0 Å². The minimum Gasteiger partial charge on any atom is -0.300 e. The van der Waals surface area contributed by atoms with E-state index in [1.165, 1.54) is 64.5 Å². The molecule has 17 heavy (non-hydrogen) atoms. The van der Waals surface area contributed by atoms with Crippen molar-refractivity contribution in [2.45, 2.75) is 71.3 Å². The average molecular weight is 257 g/mol. The highest BCUT2D eigenvalue weighted by Crippen LogP contribution is 2.24. The molecule has 1 aliphatic carbocycles. The van der Waals surface area contributed by atoms with Gasteiger partial charge in [0.05, 0.1) is 0 Å². The van der Waals surface area contributed by atoms with Crippen LogP contribution in [0.2, 0.25) is 0 Å². The van der Waals surface area contributed by atoms with Crippen molar-refractivity contribution in [1.82, 2.24) is 4.90 Å². The van der Waals surface area contributed by atoms with Crippen molar-refractivity contribution in [3.8, 4) is 0 Å². The first kappa shape index (κ1) is 15.4. The predicted molar refractivity (Wildman–Crippen MR) is 81.0 cm³/mol. The van der Waals surface area contributed by atoms with Gasteiger partial charge in [0.2, 0.25) is 0 Å². The van der Waals surface area contributed by atoms with Crippen LogP contribution >= 0.6 is 12.6 Å². The fourth-order valence-electron chi connectivity index (χ4n) is 2.77. The highest BCUT2D eigenvalue weighted by atomic mass is 32.1. The lowest BCUT2D eigenvalue weighted by atomic mass is 10.1. The summed E-state index contributed by atoms with van der Waals surface area (Å²) in [6, 6.07) is 0.907. The van der Waals surface area contributed by atoms with Gasteiger partial charge in [-0.2, -0.15) is 12.6 Å². The van der Waals surface area contributed by atoms with E-state index in [9.17, 15) is 0 Å². The van der Waals surface area contributed by atoms with Gasteiger partial charge in [-0.15, -0.1) is 0 Å². The van der Waals surface area contributed by atoms with Crippen LogP contribution in [0.4, 0.5) is 0 Å². The van der Waals surface area contributed by atoms with Crippen molar-refractivity contribution in [1.29, 1.82) is 0 Å². The molecule has 0 saturated heterocycles. The molecule has 0 spiro atoms. The largest absolute Gasteiger partial charge is 0.300 e. The fourth-order valence-corrected chi connectivity index (χ4v) is 3.00. The van der Waals surface area contributed by atoms with Crippen LogP contribution in [0.1, 0.15) is 65.2 Å². The smallest absolute Gasteiger partial charge is 0.00952 e. The molecule has 0 bridgehead atoms. The minimum absolute atomic E-state index is 0.844. The van der Waals surface area contributed by atoms with Gasteiger partial charge in [0.15, 0.2) is 0 Å². The van der Waals surface area contributed by atoms with Gasteiger partial charge < -0.3 is 4.90 Å². The molecule has 102 valence electrons. The third-order valence-corrected chi connectivity index (χ3v) is 4.25. The molecule has 0 heterocycles. The summed E-state index contributed by atoms with van der Waals surface area (Å²) < 4.78 is 0. The van der Waals surface area contributed by atoms with E-state index < -0.39 is 0 Å². The Balaban J connectivity index is 2.24. The average Bonchev–Trinajstić information content (AvgIpc) is 2.81. The molecule has 2 heteroatoms. The third-order valence-electron chi connectivity index (χ3n) is 3.94. The van der Waals surface area contributed by atoms with E-state index in [2.05, 4.69) is 31.4 Å². The van der Waals surface area contributed by atoms with E-state index >= 15 is 0 Å². The molecule has 0 aromatic carbocycles. The molecule has 0 aromatic heterocycles. The third kappa shape index (κ3) is 6.71. The maximum Gasteiger partial charge on any atom is 0.00952 e. The zero-order valence-corrected chi connectivity index (χ0v) is 12.7. The first-order valence-electron chi connectivity index (χ1n) is 7.59. The normalized spacial score (nSPS) is 17.5. The van der Waals surface area contributed by atoms with E-state index in [4.69, 9.17) is 0 Å². The van der Waals surface area contributed by atoms with Gasteiger partial charge in [0, 0.05) is 6.04 Å². The molecule has 1 rings (SSSR count). The molecule has 0 N–H and O–H groups in total. The number of hydrogen-bond donors (Lipinski definition) is 1. The lowest BCUT2D eigenvalue weighted by Crippen LogP contribution is -2.35. The van der Waals surface area contributed by atoms with Crippen LogP contribution in [0.5, 0.6) is 0 Å². The van der Waals surface area contributed by atoms with Crippen LogP contribution in [0.15, 0.2) is 0 Å². The molecular formula is C15H31NS. The highest BCUT2D eigenvalue weighted by molar-refractivity contribution is 7.80. The summed E-state index contributed by atoms with van der Waals surface area (Å²) in [4.78, 5) is 2.78. The number of hydrogen-bond acceptors (Lipinski definition) is 2. The maximum atomic E-state index is 4.29. The van der Waals surface area contributed by atoms with Crippen molar-refractivity contribution in [2.24, 2.45) is 5.92 Å². The molecule has 0 aromatic rings. The first-order valence-corrected chi connectivity index (χ1v) is 8.22. The van der Waals surface area contributed by atoms with Crippen LogP contribution in [-0.4, -0.2) is 29.8 Å². The number of nitrogens with zero attached hydrogens (tertiary/aromatic N) is 1. The van der Waals surface area contributed by atoms with E-state index in [0.717, 1.165) is 17.7 Å². The Bertz CT molecular complexity index is 176. The Morgan fingerprint density at radius 2 is 1.76 bits per heavy atom. The second-order valence-electron chi connectivity index (χ2n) is 5.94. The summed E-state index contributed by atoms with van der Waals surface area (Å²) in [6.07, 6.45) is 11.2. The maximum absolute atomic E-state index is 4.29. The molecule has 1 aliphatic rings. The van der Waals surface area contributed by atoms with Crippen LogP contribution in [0.3, 0.4) is 0 Å². The number of unbranched alkanes of at least 4 members (excludes halogenated alkanes) is 2. The molecule has 0 atom stereocenters. The summed E-state index contributed by atoms with van der Waals surface area (Å²) in [6.45, 7) is 7.33. The van der Waals surface area contributed by atoms with E-state index in [0.29, 0.717) is 0 Å². The molecule has 1 saturated carbocycles. The van der Waals surface area contributed by atoms with Gasteiger partial charge in [0.1, 0.15) is 0 Å². The molecule has 0 amide bonds. The highest BCUT2D eigenvalue weighted by Gasteiger charge is 2.21. The van der Waals surface area contributed by atoms with Crippen molar-refractivity contribution >= 4 is 12.6 Å². The van der Waals surface area contributed by atoms with Crippen LogP contribution in [0, 0.1) is 5.92 Å². The molecule has 0 radical (unpaired) electrons. The van der Waals surface area contributed by atoms with Crippen LogP contribution < -0.4 is 0 Å². The Labute approximate surface area is 114 Å². The summed E-state index contributed by atoms with van der Waals surface area (Å²) in [5.41, 5.74) is 0. The molecule has 0 unspecified atom stereocenters. The minimum atomic E-state index is 0.844. The zero-order chi connectivity index (χ0) is 12.5. The van der Waals surface area contributed by atoms with E-state index in [-0.39, 0.29) is 0 Å². The van der Waals surface area contributed by atoms with Crippen molar-refractivity contribution in [3.63, 3.8) is 0 Å². The van der Waals surface area contributed by atoms with Crippen molar-refractivity contribution < 1.29 is 0 Å². The molecule has 0 aliphatic heterocycles.